The lowest BCUT2D eigenvalue weighted by molar-refractivity contribution is 1.09. The molecule has 2 nitrogen and oxygen atoms in total. The first-order valence-corrected chi connectivity index (χ1v) is 4.32. The number of benzene rings is 1. The van der Waals surface area contributed by atoms with Gasteiger partial charge in [0.25, 0.3) is 0 Å². The molecule has 0 unspecified atom stereocenters. The molecule has 0 spiro atoms. The van der Waals surface area contributed by atoms with Crippen LogP contribution in [0.15, 0.2) is 34.3 Å². The molecule has 0 heterocycles. The van der Waals surface area contributed by atoms with Crippen LogP contribution in [-0.4, -0.2) is 13.4 Å². The Morgan fingerprint density at radius 2 is 1.31 bits per heavy atom. The van der Waals surface area contributed by atoms with Crippen molar-refractivity contribution in [3.8, 4) is 0 Å². The summed E-state index contributed by atoms with van der Waals surface area (Å²) < 4.78 is 0. The second-order valence-electron chi connectivity index (χ2n) is 2.51. The van der Waals surface area contributed by atoms with Gasteiger partial charge < -0.3 is 0 Å². The molecule has 0 fully saturated rings. The van der Waals surface area contributed by atoms with Crippen LogP contribution in [0.4, 0.5) is 11.4 Å². The Hall–Kier alpha value is -1.44. The fourth-order valence-electron chi connectivity index (χ4n) is 0.732. The van der Waals surface area contributed by atoms with Crippen molar-refractivity contribution in [3.63, 3.8) is 0 Å². The first-order chi connectivity index (χ1) is 6.29. The van der Waals surface area contributed by atoms with Crippen LogP contribution < -0.4 is 0 Å². The summed E-state index contributed by atoms with van der Waals surface area (Å²) in [6, 6.07) is 7.46. The molecule has 0 atom stereocenters. The highest BCUT2D eigenvalue weighted by molar-refractivity contribution is 5.66. The van der Waals surface area contributed by atoms with Crippen molar-refractivity contribution in [2.75, 3.05) is 0 Å². The van der Waals surface area contributed by atoms with E-state index in [4.69, 9.17) is 0 Å². The molecule has 0 saturated carbocycles. The Labute approximate surface area is 80.1 Å². The van der Waals surface area contributed by atoms with Gasteiger partial charge in [0.1, 0.15) is 0 Å². The maximum Gasteiger partial charge on any atom is 0.0878 e. The van der Waals surface area contributed by atoms with E-state index in [1.165, 1.54) is 6.42 Å². The SMILES string of the molecule is C=Nc1ccccc1N=C.CCC. The van der Waals surface area contributed by atoms with E-state index in [1.54, 1.807) is 0 Å². The van der Waals surface area contributed by atoms with Crippen LogP contribution in [-0.2, 0) is 0 Å². The van der Waals surface area contributed by atoms with E-state index < -0.39 is 0 Å². The summed E-state index contributed by atoms with van der Waals surface area (Å²) in [5.41, 5.74) is 1.55. The topological polar surface area (TPSA) is 24.7 Å². The van der Waals surface area contributed by atoms with Crippen molar-refractivity contribution in [2.45, 2.75) is 20.3 Å². The lowest BCUT2D eigenvalue weighted by Gasteiger charge is -1.95. The molecule has 0 aromatic heterocycles. The molecular weight excluding hydrogens is 160 g/mol. The van der Waals surface area contributed by atoms with E-state index in [-0.39, 0.29) is 0 Å². The third-order valence-corrected chi connectivity index (χ3v) is 1.22. The van der Waals surface area contributed by atoms with Gasteiger partial charge in [-0.15, -0.1) is 0 Å². The third-order valence-electron chi connectivity index (χ3n) is 1.22. The number of hydrogen-bond donors (Lipinski definition) is 0. The number of nitrogens with zero attached hydrogens (tertiary/aromatic N) is 2. The fraction of sp³-hybridized carbons (Fsp3) is 0.273. The van der Waals surface area contributed by atoms with Crippen LogP contribution in [0.25, 0.3) is 0 Å². The van der Waals surface area contributed by atoms with Crippen molar-refractivity contribution in [2.24, 2.45) is 9.98 Å². The maximum atomic E-state index is 3.76. The van der Waals surface area contributed by atoms with Gasteiger partial charge in [-0.1, -0.05) is 32.4 Å². The molecule has 0 saturated heterocycles. The largest absolute Gasteiger partial charge is 0.262 e. The molecule has 0 amide bonds. The Kier molecular flexibility index (Phi) is 6.42. The highest BCUT2D eigenvalue weighted by Gasteiger charge is 1.92. The highest BCUT2D eigenvalue weighted by Crippen LogP contribution is 2.25. The second kappa shape index (κ2) is 7.22. The molecule has 1 aromatic carbocycles. The molecular formula is C11H16N2. The van der Waals surface area contributed by atoms with Gasteiger partial charge in [0.2, 0.25) is 0 Å². The lowest BCUT2D eigenvalue weighted by atomic mass is 10.3. The molecule has 2 heteroatoms. The van der Waals surface area contributed by atoms with Crippen molar-refractivity contribution in [1.29, 1.82) is 0 Å². The van der Waals surface area contributed by atoms with E-state index in [0.29, 0.717) is 0 Å². The summed E-state index contributed by atoms with van der Waals surface area (Å²) in [5.74, 6) is 0. The lowest BCUT2D eigenvalue weighted by Crippen LogP contribution is -1.64. The number of hydrogen-bond acceptors (Lipinski definition) is 2. The minimum atomic E-state index is 0.775. The Bertz CT molecular complexity index is 240. The number of rotatable bonds is 2. The zero-order valence-electron chi connectivity index (χ0n) is 8.33. The van der Waals surface area contributed by atoms with E-state index in [0.717, 1.165) is 11.4 Å². The number of para-hydroxylation sites is 2. The summed E-state index contributed by atoms with van der Waals surface area (Å²) in [6.07, 6.45) is 1.25. The monoisotopic (exact) mass is 176 g/mol. The normalized spacial score (nSPS) is 8.15. The van der Waals surface area contributed by atoms with Gasteiger partial charge in [0.15, 0.2) is 0 Å². The van der Waals surface area contributed by atoms with E-state index >= 15 is 0 Å². The van der Waals surface area contributed by atoms with E-state index in [1.807, 2.05) is 24.3 Å². The molecule has 0 aliphatic heterocycles. The summed E-state index contributed by atoms with van der Waals surface area (Å²) >= 11 is 0. The van der Waals surface area contributed by atoms with E-state index in [2.05, 4.69) is 37.3 Å². The van der Waals surface area contributed by atoms with Crippen molar-refractivity contribution < 1.29 is 0 Å². The minimum absolute atomic E-state index is 0.775. The van der Waals surface area contributed by atoms with Gasteiger partial charge in [-0.05, 0) is 25.6 Å². The summed E-state index contributed by atoms with van der Waals surface area (Å²) in [7, 11) is 0. The summed E-state index contributed by atoms with van der Waals surface area (Å²) in [6.45, 7) is 11.1. The van der Waals surface area contributed by atoms with Gasteiger partial charge >= 0.3 is 0 Å². The van der Waals surface area contributed by atoms with Crippen molar-refractivity contribution >= 4 is 24.8 Å². The molecule has 1 aromatic rings. The van der Waals surface area contributed by atoms with Gasteiger partial charge in [-0.25, -0.2) is 0 Å². The average Bonchev–Trinajstić information content (AvgIpc) is 2.19. The van der Waals surface area contributed by atoms with Crippen LogP contribution in [0.5, 0.6) is 0 Å². The van der Waals surface area contributed by atoms with Gasteiger partial charge in [-0.3, -0.25) is 9.98 Å². The first kappa shape index (κ1) is 11.6. The van der Waals surface area contributed by atoms with Crippen LogP contribution >= 0.6 is 0 Å². The fourth-order valence-corrected chi connectivity index (χ4v) is 0.732. The van der Waals surface area contributed by atoms with Crippen LogP contribution in [0.2, 0.25) is 0 Å². The molecule has 70 valence electrons. The molecule has 0 N–H and O–H groups in total. The quantitative estimate of drug-likeness (QED) is 0.613. The average molecular weight is 176 g/mol. The molecule has 0 radical (unpaired) electrons. The molecule has 13 heavy (non-hydrogen) atoms. The van der Waals surface area contributed by atoms with Gasteiger partial charge in [0.05, 0.1) is 11.4 Å². The molecule has 0 aliphatic rings. The van der Waals surface area contributed by atoms with Gasteiger partial charge in [0, 0.05) is 0 Å². The standard InChI is InChI=1S/C8H8N2.C3H8/c1-9-7-5-3-4-6-8(7)10-2;1-3-2/h3-6H,1-2H2;3H2,1-2H3. The van der Waals surface area contributed by atoms with Crippen molar-refractivity contribution in [1.82, 2.24) is 0 Å². The maximum absolute atomic E-state index is 3.76. The Morgan fingerprint density at radius 3 is 1.54 bits per heavy atom. The zero-order valence-corrected chi connectivity index (χ0v) is 8.33. The minimum Gasteiger partial charge on any atom is -0.262 e. The van der Waals surface area contributed by atoms with Gasteiger partial charge in [-0.2, -0.15) is 0 Å². The number of aliphatic imine (C=N–C) groups is 2. The second-order valence-corrected chi connectivity index (χ2v) is 2.51. The molecule has 0 aliphatic carbocycles. The Balaban J connectivity index is 0.000000424. The van der Waals surface area contributed by atoms with Crippen LogP contribution in [0.1, 0.15) is 20.3 Å². The third kappa shape index (κ3) is 4.21. The summed E-state index contributed by atoms with van der Waals surface area (Å²) in [4.78, 5) is 7.52. The summed E-state index contributed by atoms with van der Waals surface area (Å²) in [5, 5.41) is 0. The smallest absolute Gasteiger partial charge is 0.0878 e. The Morgan fingerprint density at radius 1 is 1.00 bits per heavy atom. The first-order valence-electron chi connectivity index (χ1n) is 4.32. The zero-order chi connectivity index (χ0) is 10.1. The van der Waals surface area contributed by atoms with E-state index in [9.17, 15) is 0 Å². The predicted molar refractivity (Wildman–Crippen MR) is 60.8 cm³/mol. The molecule has 0 bridgehead atoms. The van der Waals surface area contributed by atoms with Crippen molar-refractivity contribution in [3.05, 3.63) is 24.3 Å². The molecule has 1 rings (SSSR count). The van der Waals surface area contributed by atoms with Crippen LogP contribution in [0, 0.1) is 0 Å². The predicted octanol–water partition coefficient (Wildman–Crippen LogP) is 3.77. The van der Waals surface area contributed by atoms with Crippen LogP contribution in [0.3, 0.4) is 0 Å². The highest BCUT2D eigenvalue weighted by atomic mass is 14.8.